The quantitative estimate of drug-likeness (QED) is 0.738. The van der Waals surface area contributed by atoms with E-state index in [4.69, 9.17) is 4.74 Å². The smallest absolute Gasteiger partial charge is 0.223 e. The molecule has 0 unspecified atom stereocenters. The Hall–Kier alpha value is -2.43. The van der Waals surface area contributed by atoms with E-state index in [1.165, 1.54) is 12.5 Å². The average Bonchev–Trinajstić information content (AvgIpc) is 2.85. The van der Waals surface area contributed by atoms with E-state index in [1.54, 1.807) is 4.68 Å². The summed E-state index contributed by atoms with van der Waals surface area (Å²) in [4.78, 5) is 15.7. The summed E-state index contributed by atoms with van der Waals surface area (Å²) in [6.45, 7) is 3.65. The first kappa shape index (κ1) is 13.5. The highest BCUT2D eigenvalue weighted by atomic mass is 16.5. The van der Waals surface area contributed by atoms with Crippen LogP contribution in [0.2, 0.25) is 0 Å². The van der Waals surface area contributed by atoms with Crippen LogP contribution in [0.5, 0.6) is 5.88 Å². The summed E-state index contributed by atoms with van der Waals surface area (Å²) >= 11 is 0. The first-order chi connectivity index (χ1) is 10.1. The van der Waals surface area contributed by atoms with E-state index >= 15 is 0 Å². The van der Waals surface area contributed by atoms with Crippen molar-refractivity contribution >= 4 is 27.6 Å². The van der Waals surface area contributed by atoms with Crippen LogP contribution < -0.4 is 4.74 Å². The number of rotatable bonds is 4. The van der Waals surface area contributed by atoms with Crippen molar-refractivity contribution in [3.63, 3.8) is 0 Å². The second kappa shape index (κ2) is 5.16. The van der Waals surface area contributed by atoms with Gasteiger partial charge >= 0.3 is 0 Å². The number of aromatic nitrogens is 3. The van der Waals surface area contributed by atoms with Gasteiger partial charge in [-0.2, -0.15) is 10.1 Å². The molecule has 0 aliphatic carbocycles. The number of hydrogen-bond acceptors (Lipinski definition) is 4. The molecule has 0 saturated heterocycles. The molecule has 0 atom stereocenters. The number of carbonyl (C=O) groups excluding carboxylic acids is 1. The van der Waals surface area contributed by atoms with Crippen LogP contribution in [0.1, 0.15) is 19.4 Å². The molecule has 5 nitrogen and oxygen atoms in total. The zero-order chi connectivity index (χ0) is 15.0. The van der Waals surface area contributed by atoms with Crippen molar-refractivity contribution in [2.45, 2.75) is 20.3 Å². The topological polar surface area (TPSA) is 57.0 Å². The maximum atomic E-state index is 11.2. The maximum Gasteiger partial charge on any atom is 0.223 e. The summed E-state index contributed by atoms with van der Waals surface area (Å²) in [6.07, 6.45) is 2.75. The van der Waals surface area contributed by atoms with Gasteiger partial charge in [0, 0.05) is 23.2 Å². The van der Waals surface area contributed by atoms with Crippen molar-refractivity contribution < 1.29 is 9.53 Å². The Morgan fingerprint density at radius 3 is 2.86 bits per heavy atom. The highest BCUT2D eigenvalue weighted by Crippen LogP contribution is 2.33. The molecule has 2 heterocycles. The molecule has 0 aliphatic rings. The molecule has 0 radical (unpaired) electrons. The minimum absolute atomic E-state index is 0.0262. The molecular formula is C16H17N3O2. The fraction of sp³-hybridized carbons (Fsp3) is 0.312. The van der Waals surface area contributed by atoms with Gasteiger partial charge in [-0.15, -0.1) is 0 Å². The molecule has 5 heteroatoms. The van der Waals surface area contributed by atoms with E-state index in [-0.39, 0.29) is 12.4 Å². The predicted octanol–water partition coefficient (Wildman–Crippen LogP) is 2.65. The third-order valence-electron chi connectivity index (χ3n) is 3.56. The van der Waals surface area contributed by atoms with Gasteiger partial charge in [0.15, 0.2) is 11.4 Å². The van der Waals surface area contributed by atoms with Crippen LogP contribution in [0.3, 0.4) is 0 Å². The van der Waals surface area contributed by atoms with Crippen molar-refractivity contribution in [2.75, 3.05) is 6.61 Å². The Balaban J connectivity index is 2.34. The van der Waals surface area contributed by atoms with E-state index in [0.29, 0.717) is 5.88 Å². The number of pyridine rings is 1. The van der Waals surface area contributed by atoms with Crippen molar-refractivity contribution in [1.82, 2.24) is 14.8 Å². The number of hydrogen-bond donors (Lipinski definition) is 0. The van der Waals surface area contributed by atoms with Crippen LogP contribution in [0.4, 0.5) is 0 Å². The van der Waals surface area contributed by atoms with Gasteiger partial charge in [0.2, 0.25) is 5.88 Å². The second-order valence-corrected chi connectivity index (χ2v) is 5.11. The summed E-state index contributed by atoms with van der Waals surface area (Å²) < 4.78 is 7.33. The molecule has 2 aromatic heterocycles. The van der Waals surface area contributed by atoms with E-state index < -0.39 is 0 Å². The summed E-state index contributed by atoms with van der Waals surface area (Å²) in [7, 11) is 1.85. The predicted molar refractivity (Wildman–Crippen MR) is 81.6 cm³/mol. The number of fused-ring (bicyclic) bond motifs is 3. The Bertz CT molecular complexity index is 836. The van der Waals surface area contributed by atoms with Gasteiger partial charge < -0.3 is 4.74 Å². The van der Waals surface area contributed by atoms with Gasteiger partial charge in [-0.05, 0) is 25.0 Å². The van der Waals surface area contributed by atoms with E-state index in [2.05, 4.69) is 23.1 Å². The van der Waals surface area contributed by atoms with Crippen LogP contribution in [0, 0.1) is 0 Å². The van der Waals surface area contributed by atoms with Gasteiger partial charge in [-0.25, -0.2) is 0 Å². The van der Waals surface area contributed by atoms with Gasteiger partial charge in [-0.3, -0.25) is 9.48 Å². The number of ketones is 1. The highest BCUT2D eigenvalue weighted by molar-refractivity contribution is 6.08. The molecule has 0 amide bonds. The number of carbonyl (C=O) groups is 1. The molecule has 0 bridgehead atoms. The molecule has 1 aromatic carbocycles. The highest BCUT2D eigenvalue weighted by Gasteiger charge is 2.15. The molecule has 0 N–H and O–H groups in total. The lowest BCUT2D eigenvalue weighted by molar-refractivity contribution is -0.118. The molecule has 3 aromatic rings. The fourth-order valence-electron chi connectivity index (χ4n) is 2.57. The van der Waals surface area contributed by atoms with Crippen molar-refractivity contribution in [3.8, 4) is 5.88 Å². The number of ether oxygens (including phenoxy) is 1. The second-order valence-electron chi connectivity index (χ2n) is 5.11. The molecule has 0 spiro atoms. The van der Waals surface area contributed by atoms with Crippen LogP contribution in [-0.4, -0.2) is 27.2 Å². The van der Waals surface area contributed by atoms with E-state index in [0.717, 1.165) is 28.2 Å². The molecule has 0 saturated carbocycles. The maximum absolute atomic E-state index is 11.2. The summed E-state index contributed by atoms with van der Waals surface area (Å²) in [6, 6.07) is 6.07. The number of Topliss-reactive ketones (excluding diaryl/α,β-unsaturated/α-hetero) is 1. The zero-order valence-electron chi connectivity index (χ0n) is 12.4. The standard InChI is InChI=1S/C16H17N3O2/c1-4-11-6-5-7-12-14(11)13-8-17-19(3)15(13)18-16(12)21-9-10(2)20/h5-8H,4,9H2,1-3H3. The van der Waals surface area contributed by atoms with Gasteiger partial charge in [0.25, 0.3) is 0 Å². The molecule has 21 heavy (non-hydrogen) atoms. The Kier molecular flexibility index (Phi) is 3.33. The largest absolute Gasteiger partial charge is 0.469 e. The van der Waals surface area contributed by atoms with Gasteiger partial charge in [0.05, 0.1) is 6.20 Å². The Morgan fingerprint density at radius 1 is 1.33 bits per heavy atom. The lowest BCUT2D eigenvalue weighted by Gasteiger charge is -2.11. The van der Waals surface area contributed by atoms with Crippen LogP contribution >= 0.6 is 0 Å². The monoisotopic (exact) mass is 283 g/mol. The number of aryl methyl sites for hydroxylation is 2. The fourth-order valence-corrected chi connectivity index (χ4v) is 2.57. The van der Waals surface area contributed by atoms with Gasteiger partial charge in [-0.1, -0.05) is 19.1 Å². The van der Waals surface area contributed by atoms with Crippen LogP contribution in [-0.2, 0) is 18.3 Å². The van der Waals surface area contributed by atoms with Crippen LogP contribution in [0.15, 0.2) is 24.4 Å². The van der Waals surface area contributed by atoms with Crippen molar-refractivity contribution in [2.24, 2.45) is 7.05 Å². The first-order valence-corrected chi connectivity index (χ1v) is 6.97. The normalized spacial score (nSPS) is 11.2. The third-order valence-corrected chi connectivity index (χ3v) is 3.56. The number of nitrogens with zero attached hydrogens (tertiary/aromatic N) is 3. The van der Waals surface area contributed by atoms with Crippen molar-refractivity contribution in [3.05, 3.63) is 30.0 Å². The lowest BCUT2D eigenvalue weighted by atomic mass is 10.0. The van der Waals surface area contributed by atoms with Crippen molar-refractivity contribution in [1.29, 1.82) is 0 Å². The van der Waals surface area contributed by atoms with Crippen LogP contribution in [0.25, 0.3) is 21.8 Å². The summed E-state index contributed by atoms with van der Waals surface area (Å²) in [5.74, 6) is 0.466. The number of benzene rings is 1. The minimum Gasteiger partial charge on any atom is -0.469 e. The summed E-state index contributed by atoms with van der Waals surface area (Å²) in [5, 5.41) is 7.34. The van der Waals surface area contributed by atoms with E-state index in [1.807, 2.05) is 25.4 Å². The van der Waals surface area contributed by atoms with Gasteiger partial charge in [0.1, 0.15) is 6.61 Å². The summed E-state index contributed by atoms with van der Waals surface area (Å²) in [5.41, 5.74) is 1.99. The Labute approximate surface area is 122 Å². The minimum atomic E-state index is -0.0262. The van der Waals surface area contributed by atoms with E-state index in [9.17, 15) is 4.79 Å². The average molecular weight is 283 g/mol. The first-order valence-electron chi connectivity index (χ1n) is 6.97. The Morgan fingerprint density at radius 2 is 2.14 bits per heavy atom. The molecule has 108 valence electrons. The third kappa shape index (κ3) is 2.24. The SMILES string of the molecule is CCc1cccc2c(OCC(C)=O)nc3c(cnn3C)c12. The molecule has 0 fully saturated rings. The molecule has 0 aliphatic heterocycles. The molecule has 3 rings (SSSR count). The lowest BCUT2D eigenvalue weighted by Crippen LogP contribution is -2.08. The zero-order valence-corrected chi connectivity index (χ0v) is 12.4. The molecular weight excluding hydrogens is 266 g/mol.